The molecule has 2 N–H and O–H groups in total. The molecule has 2 atom stereocenters. The Bertz CT molecular complexity index is 529. The molecule has 1 heterocycles. The van der Waals surface area contributed by atoms with Gasteiger partial charge in [0.15, 0.2) is 0 Å². The summed E-state index contributed by atoms with van der Waals surface area (Å²) in [4.78, 5) is 3.29. The lowest BCUT2D eigenvalue weighted by Crippen LogP contribution is -2.37. The van der Waals surface area contributed by atoms with Gasteiger partial charge in [-0.15, -0.1) is 0 Å². The maximum absolute atomic E-state index is 3.81. The second-order valence-corrected chi connectivity index (χ2v) is 5.80. The summed E-state index contributed by atoms with van der Waals surface area (Å²) < 4.78 is 0. The van der Waals surface area contributed by atoms with E-state index < -0.39 is 0 Å². The van der Waals surface area contributed by atoms with Gasteiger partial charge in [-0.25, -0.2) is 0 Å². The molecule has 1 aliphatic rings. The Morgan fingerprint density at radius 2 is 2.11 bits per heavy atom. The molecule has 2 unspecified atom stereocenters. The zero-order valence-corrected chi connectivity index (χ0v) is 11.8. The first kappa shape index (κ1) is 12.7. The molecule has 0 radical (unpaired) electrons. The van der Waals surface area contributed by atoms with Crippen molar-refractivity contribution in [2.24, 2.45) is 5.92 Å². The van der Waals surface area contributed by atoms with Crippen LogP contribution in [-0.2, 0) is 6.54 Å². The van der Waals surface area contributed by atoms with Crippen molar-refractivity contribution in [1.29, 1.82) is 0 Å². The maximum Gasteiger partial charge on any atom is 0.0457 e. The van der Waals surface area contributed by atoms with Crippen LogP contribution < -0.4 is 5.32 Å². The van der Waals surface area contributed by atoms with Gasteiger partial charge in [0.1, 0.15) is 0 Å². The fraction of sp³-hybridized carbons (Fsp3) is 0.529. The van der Waals surface area contributed by atoms with Crippen molar-refractivity contribution in [2.75, 3.05) is 0 Å². The average Bonchev–Trinajstić information content (AvgIpc) is 2.94. The number of aromatic amines is 1. The summed E-state index contributed by atoms with van der Waals surface area (Å²) in [5, 5.41) is 5.17. The first-order valence-corrected chi connectivity index (χ1v) is 7.67. The van der Waals surface area contributed by atoms with Crippen LogP contribution in [0.5, 0.6) is 0 Å². The molecule has 0 bridgehead atoms. The molecule has 1 fully saturated rings. The van der Waals surface area contributed by atoms with Crippen LogP contribution in [0.1, 0.15) is 44.6 Å². The van der Waals surface area contributed by atoms with Crippen molar-refractivity contribution in [1.82, 2.24) is 10.3 Å². The highest BCUT2D eigenvalue weighted by atomic mass is 14.9. The lowest BCUT2D eigenvalue weighted by molar-refractivity contribution is 0.254. The van der Waals surface area contributed by atoms with Crippen LogP contribution in [0.15, 0.2) is 30.5 Å². The highest BCUT2D eigenvalue weighted by Crippen LogP contribution is 2.27. The number of fused-ring (bicyclic) bond motifs is 1. The Morgan fingerprint density at radius 3 is 3.00 bits per heavy atom. The van der Waals surface area contributed by atoms with Crippen LogP contribution in [0.2, 0.25) is 0 Å². The normalized spacial score (nSPS) is 23.8. The Morgan fingerprint density at radius 1 is 1.21 bits per heavy atom. The van der Waals surface area contributed by atoms with E-state index in [1.807, 2.05) is 6.20 Å². The van der Waals surface area contributed by atoms with E-state index in [1.54, 1.807) is 0 Å². The van der Waals surface area contributed by atoms with Crippen LogP contribution in [0, 0.1) is 5.92 Å². The average molecular weight is 256 g/mol. The highest BCUT2D eigenvalue weighted by molar-refractivity contribution is 5.82. The first-order chi connectivity index (χ1) is 9.38. The number of hydrogen-bond acceptors (Lipinski definition) is 1. The van der Waals surface area contributed by atoms with Gasteiger partial charge in [-0.1, -0.05) is 38.3 Å². The number of aromatic nitrogens is 1. The summed E-state index contributed by atoms with van der Waals surface area (Å²) >= 11 is 0. The van der Waals surface area contributed by atoms with Crippen molar-refractivity contribution in [3.05, 3.63) is 36.0 Å². The smallest absolute Gasteiger partial charge is 0.0457 e. The summed E-state index contributed by atoms with van der Waals surface area (Å²) in [5.74, 6) is 0.874. The lowest BCUT2D eigenvalue weighted by atomic mass is 9.83. The second-order valence-electron chi connectivity index (χ2n) is 5.80. The minimum atomic E-state index is 0.716. The zero-order chi connectivity index (χ0) is 13.1. The Kier molecular flexibility index (Phi) is 3.88. The number of H-pyrrole nitrogens is 1. The molecule has 3 rings (SSSR count). The zero-order valence-electron chi connectivity index (χ0n) is 11.8. The maximum atomic E-state index is 3.81. The summed E-state index contributed by atoms with van der Waals surface area (Å²) in [5.41, 5.74) is 2.66. The van der Waals surface area contributed by atoms with Crippen LogP contribution in [0.3, 0.4) is 0 Å². The van der Waals surface area contributed by atoms with Crippen LogP contribution in [-0.4, -0.2) is 11.0 Å². The first-order valence-electron chi connectivity index (χ1n) is 7.67. The molecular weight excluding hydrogens is 232 g/mol. The summed E-state index contributed by atoms with van der Waals surface area (Å²) in [6.45, 7) is 3.33. The molecule has 2 nitrogen and oxygen atoms in total. The number of benzene rings is 1. The minimum absolute atomic E-state index is 0.716. The predicted molar refractivity (Wildman–Crippen MR) is 81.2 cm³/mol. The van der Waals surface area contributed by atoms with E-state index in [2.05, 4.69) is 41.5 Å². The molecule has 1 aliphatic carbocycles. The monoisotopic (exact) mass is 256 g/mol. The second kappa shape index (κ2) is 5.79. The molecule has 19 heavy (non-hydrogen) atoms. The van der Waals surface area contributed by atoms with Gasteiger partial charge in [-0.2, -0.15) is 0 Å². The third kappa shape index (κ3) is 2.69. The number of rotatable bonds is 4. The Balaban J connectivity index is 1.69. The summed E-state index contributed by atoms with van der Waals surface area (Å²) in [6, 6.07) is 9.44. The fourth-order valence-electron chi connectivity index (χ4n) is 3.51. The molecule has 0 spiro atoms. The molecule has 1 aromatic carbocycles. The van der Waals surface area contributed by atoms with E-state index in [0.29, 0.717) is 6.04 Å². The molecule has 0 amide bonds. The molecular formula is C17H24N2. The van der Waals surface area contributed by atoms with Crippen molar-refractivity contribution >= 4 is 10.9 Å². The lowest BCUT2D eigenvalue weighted by Gasteiger charge is -2.31. The third-order valence-electron chi connectivity index (χ3n) is 4.67. The third-order valence-corrected chi connectivity index (χ3v) is 4.67. The van der Waals surface area contributed by atoms with Gasteiger partial charge < -0.3 is 10.3 Å². The van der Waals surface area contributed by atoms with Gasteiger partial charge in [0.05, 0.1) is 0 Å². The van der Waals surface area contributed by atoms with Gasteiger partial charge >= 0.3 is 0 Å². The van der Waals surface area contributed by atoms with Crippen molar-refractivity contribution < 1.29 is 0 Å². The minimum Gasteiger partial charge on any atom is -0.361 e. The quantitative estimate of drug-likeness (QED) is 0.842. The van der Waals surface area contributed by atoms with Crippen LogP contribution in [0.4, 0.5) is 0 Å². The van der Waals surface area contributed by atoms with E-state index in [0.717, 1.165) is 12.5 Å². The van der Waals surface area contributed by atoms with E-state index in [4.69, 9.17) is 0 Å². The van der Waals surface area contributed by atoms with Crippen molar-refractivity contribution in [3.63, 3.8) is 0 Å². The predicted octanol–water partition coefficient (Wildman–Crippen LogP) is 4.23. The molecule has 2 aromatic rings. The molecule has 1 saturated carbocycles. The van der Waals surface area contributed by atoms with Gasteiger partial charge in [-0.3, -0.25) is 0 Å². The summed E-state index contributed by atoms with van der Waals surface area (Å²) in [7, 11) is 0. The van der Waals surface area contributed by atoms with Crippen molar-refractivity contribution in [3.8, 4) is 0 Å². The van der Waals surface area contributed by atoms with Gasteiger partial charge in [0, 0.05) is 29.7 Å². The molecule has 2 heteroatoms. The SMILES string of the molecule is CCC1CCCCC1NCc1cccc2[nH]ccc12. The fourth-order valence-corrected chi connectivity index (χ4v) is 3.51. The molecule has 1 aromatic heterocycles. The number of nitrogens with one attached hydrogen (secondary N) is 2. The van der Waals surface area contributed by atoms with E-state index in [9.17, 15) is 0 Å². The molecule has 0 saturated heterocycles. The standard InChI is InChI=1S/C17H24N2/c1-2-13-6-3-4-8-16(13)19-12-14-7-5-9-17-15(14)10-11-18-17/h5,7,9-11,13,16,18-19H,2-4,6,8,12H2,1H3. The van der Waals surface area contributed by atoms with Gasteiger partial charge in [0.2, 0.25) is 0 Å². The van der Waals surface area contributed by atoms with Crippen molar-refractivity contribution in [2.45, 2.75) is 51.6 Å². The summed E-state index contributed by atoms with van der Waals surface area (Å²) in [6.07, 6.45) is 8.91. The largest absolute Gasteiger partial charge is 0.361 e. The van der Waals surface area contributed by atoms with Crippen LogP contribution in [0.25, 0.3) is 10.9 Å². The molecule has 102 valence electrons. The van der Waals surface area contributed by atoms with E-state index >= 15 is 0 Å². The van der Waals surface area contributed by atoms with Gasteiger partial charge in [0.25, 0.3) is 0 Å². The van der Waals surface area contributed by atoms with Gasteiger partial charge in [-0.05, 0) is 36.5 Å². The van der Waals surface area contributed by atoms with E-state index in [-0.39, 0.29) is 0 Å². The van der Waals surface area contributed by atoms with E-state index in [1.165, 1.54) is 48.6 Å². The Labute approximate surface area is 115 Å². The molecule has 0 aliphatic heterocycles. The topological polar surface area (TPSA) is 27.8 Å². The highest BCUT2D eigenvalue weighted by Gasteiger charge is 2.22. The Hall–Kier alpha value is -1.28. The number of hydrogen-bond donors (Lipinski definition) is 2. The van der Waals surface area contributed by atoms with Crippen LogP contribution >= 0.6 is 0 Å².